The molecule has 0 aromatic rings. The monoisotopic (exact) mass is 554 g/mol. The van der Waals surface area contributed by atoms with Gasteiger partial charge in [0.1, 0.15) is 0 Å². The summed E-state index contributed by atoms with van der Waals surface area (Å²) in [6.07, 6.45) is 8.26. The van der Waals surface area contributed by atoms with Gasteiger partial charge in [-0.2, -0.15) is 0 Å². The molecule has 7 nitrogen and oxygen atoms in total. The number of ether oxygens (including phenoxy) is 4. The van der Waals surface area contributed by atoms with E-state index < -0.39 is 31.6 Å². The van der Waals surface area contributed by atoms with Crippen LogP contribution in [0.15, 0.2) is 24.3 Å². The van der Waals surface area contributed by atoms with Crippen molar-refractivity contribution in [2.24, 2.45) is 5.41 Å². The van der Waals surface area contributed by atoms with Gasteiger partial charge in [0.05, 0.1) is 13.2 Å². The van der Waals surface area contributed by atoms with E-state index in [0.29, 0.717) is 31.4 Å². The van der Waals surface area contributed by atoms with Gasteiger partial charge in [-0.15, -0.1) is 6.58 Å². The van der Waals surface area contributed by atoms with Crippen LogP contribution < -0.4 is 0 Å². The second-order valence-electron chi connectivity index (χ2n) is 12.5. The molecule has 1 rings (SSSR count). The summed E-state index contributed by atoms with van der Waals surface area (Å²) in [6.45, 7) is 21.3. The molecule has 1 heterocycles. The summed E-state index contributed by atoms with van der Waals surface area (Å²) in [5.74, 6) is -2.24. The summed E-state index contributed by atoms with van der Waals surface area (Å²) >= 11 is 0. The zero-order valence-corrected chi connectivity index (χ0v) is 26.7. The number of carbonyl (C=O) groups is 2. The predicted molar refractivity (Wildman–Crippen MR) is 154 cm³/mol. The summed E-state index contributed by atoms with van der Waals surface area (Å²) in [6, 6.07) is 0. The third-order valence-corrected chi connectivity index (χ3v) is 12.5. The first kappa shape index (κ1) is 34.5. The second-order valence-corrected chi connectivity index (χ2v) is 17.4. The van der Waals surface area contributed by atoms with Gasteiger partial charge in [-0.1, -0.05) is 73.3 Å². The van der Waals surface area contributed by atoms with Gasteiger partial charge < -0.3 is 23.4 Å². The molecular formula is C30H54O7Si. The van der Waals surface area contributed by atoms with Crippen molar-refractivity contribution in [3.63, 3.8) is 0 Å². The molecule has 220 valence electrons. The highest BCUT2D eigenvalue weighted by Crippen LogP contribution is 2.49. The fraction of sp³-hybridized carbons (Fsp3) is 0.800. The maximum atomic E-state index is 13.1. The molecule has 1 saturated heterocycles. The normalized spacial score (nSPS) is 23.8. The number of carbonyl (C=O) groups excluding carboxylic acids is 2. The first-order chi connectivity index (χ1) is 17.6. The Balaban J connectivity index is 3.47. The Morgan fingerprint density at radius 2 is 1.74 bits per heavy atom. The van der Waals surface area contributed by atoms with E-state index in [-0.39, 0.29) is 17.1 Å². The van der Waals surface area contributed by atoms with Crippen molar-refractivity contribution in [2.45, 2.75) is 129 Å². The molecule has 0 unspecified atom stereocenters. The fourth-order valence-corrected chi connectivity index (χ4v) is 5.62. The second kappa shape index (κ2) is 14.8. The standard InChI is InChI=1S/C30H54O7Si/c1-12-14-15-16-17-19-25(31)36-27-23(21-26(32)33-8)20-24(18-13-2)37-30(27,34-9)29(6,7)22-35-38(10,11)28(3,4)5/h13,21,24,27H,2,12,14-20,22H2,1,3-11H3/b23-21-/t24-,27+,30-/m1/s1. The van der Waals surface area contributed by atoms with Gasteiger partial charge in [0.15, 0.2) is 14.4 Å². The third-order valence-electron chi connectivity index (χ3n) is 8.00. The highest BCUT2D eigenvalue weighted by molar-refractivity contribution is 6.74. The van der Waals surface area contributed by atoms with E-state index in [1.807, 2.05) is 13.8 Å². The lowest BCUT2D eigenvalue weighted by Crippen LogP contribution is -2.65. The van der Waals surface area contributed by atoms with Gasteiger partial charge in [0.2, 0.25) is 5.79 Å². The minimum Gasteiger partial charge on any atom is -0.466 e. The third kappa shape index (κ3) is 9.03. The molecule has 0 spiro atoms. The van der Waals surface area contributed by atoms with Crippen molar-refractivity contribution in [3.8, 4) is 0 Å². The number of unbranched alkanes of at least 4 members (excludes halogenated alkanes) is 4. The van der Waals surface area contributed by atoms with Crippen LogP contribution in [0.5, 0.6) is 0 Å². The molecule has 1 fully saturated rings. The Morgan fingerprint density at radius 1 is 1.11 bits per heavy atom. The Labute approximate surface area is 232 Å². The summed E-state index contributed by atoms with van der Waals surface area (Å²) in [7, 11) is 0.781. The molecule has 38 heavy (non-hydrogen) atoms. The molecule has 0 N–H and O–H groups in total. The van der Waals surface area contributed by atoms with Crippen LogP contribution in [0.2, 0.25) is 18.1 Å². The van der Waals surface area contributed by atoms with Crippen molar-refractivity contribution >= 4 is 20.3 Å². The van der Waals surface area contributed by atoms with E-state index in [1.165, 1.54) is 13.2 Å². The van der Waals surface area contributed by atoms with Crippen LogP contribution in [0.1, 0.15) is 92.9 Å². The maximum absolute atomic E-state index is 13.1. The molecule has 0 amide bonds. The van der Waals surface area contributed by atoms with Crippen molar-refractivity contribution in [1.29, 1.82) is 0 Å². The van der Waals surface area contributed by atoms with Crippen molar-refractivity contribution in [1.82, 2.24) is 0 Å². The fourth-order valence-electron chi connectivity index (χ4n) is 4.47. The van der Waals surface area contributed by atoms with Crippen molar-refractivity contribution in [2.75, 3.05) is 20.8 Å². The maximum Gasteiger partial charge on any atom is 0.330 e. The van der Waals surface area contributed by atoms with Crippen LogP contribution in [0.25, 0.3) is 0 Å². The minimum atomic E-state index is -2.11. The lowest BCUT2D eigenvalue weighted by molar-refractivity contribution is -0.348. The van der Waals surface area contributed by atoms with Gasteiger partial charge in [-0.25, -0.2) is 4.79 Å². The molecule has 0 radical (unpaired) electrons. The van der Waals surface area contributed by atoms with E-state index in [0.717, 1.165) is 32.1 Å². The van der Waals surface area contributed by atoms with Crippen molar-refractivity contribution < 1.29 is 33.0 Å². The highest BCUT2D eigenvalue weighted by Gasteiger charge is 2.60. The SMILES string of the molecule is C=CC[C@@H]1C/C(=C/C(=O)OC)[C@H](OC(=O)CCCCCCC)[C@](OC)(C(C)(C)CO[Si](C)(C)C(C)(C)C)O1. The summed E-state index contributed by atoms with van der Waals surface area (Å²) < 4.78 is 30.6. The van der Waals surface area contributed by atoms with Crippen molar-refractivity contribution in [3.05, 3.63) is 24.3 Å². The lowest BCUT2D eigenvalue weighted by Gasteiger charge is -2.54. The van der Waals surface area contributed by atoms with Crippen LogP contribution in [0, 0.1) is 5.41 Å². The van der Waals surface area contributed by atoms with Crippen LogP contribution in [-0.4, -0.2) is 59.1 Å². The Hall–Kier alpha value is -1.48. The molecule has 1 aliphatic rings. The van der Waals surface area contributed by atoms with Gasteiger partial charge >= 0.3 is 11.9 Å². The number of methoxy groups -OCH3 is 2. The Bertz CT molecular complexity index is 812. The molecule has 8 heteroatoms. The molecule has 0 aromatic carbocycles. The molecule has 0 saturated carbocycles. The highest BCUT2D eigenvalue weighted by atomic mass is 28.4. The van der Waals surface area contributed by atoms with E-state index in [1.54, 1.807) is 13.2 Å². The van der Waals surface area contributed by atoms with E-state index in [4.69, 9.17) is 23.4 Å². The predicted octanol–water partition coefficient (Wildman–Crippen LogP) is 7.11. The van der Waals surface area contributed by atoms with Gasteiger partial charge in [-0.05, 0) is 43.0 Å². The molecular weight excluding hydrogens is 500 g/mol. The Morgan fingerprint density at radius 3 is 2.26 bits per heavy atom. The van der Waals surface area contributed by atoms with E-state index in [2.05, 4.69) is 47.4 Å². The average Bonchev–Trinajstić information content (AvgIpc) is 2.83. The smallest absolute Gasteiger partial charge is 0.330 e. The number of rotatable bonds is 15. The Kier molecular flexibility index (Phi) is 13.4. The molecule has 0 aliphatic carbocycles. The van der Waals surface area contributed by atoms with Crippen LogP contribution >= 0.6 is 0 Å². The van der Waals surface area contributed by atoms with Gasteiger partial charge in [0, 0.05) is 31.6 Å². The lowest BCUT2D eigenvalue weighted by atomic mass is 9.75. The summed E-state index contributed by atoms with van der Waals surface area (Å²) in [5, 5.41) is 0.0156. The number of esters is 2. The largest absolute Gasteiger partial charge is 0.466 e. The molecule has 0 bridgehead atoms. The van der Waals surface area contributed by atoms with E-state index in [9.17, 15) is 9.59 Å². The van der Waals surface area contributed by atoms with Gasteiger partial charge in [-0.3, -0.25) is 4.79 Å². The first-order valence-corrected chi connectivity index (χ1v) is 17.0. The zero-order chi connectivity index (χ0) is 29.2. The molecule has 1 aliphatic heterocycles. The summed E-state index contributed by atoms with van der Waals surface area (Å²) in [4.78, 5) is 25.5. The first-order valence-electron chi connectivity index (χ1n) is 14.1. The number of hydrogen-bond acceptors (Lipinski definition) is 7. The number of hydrogen-bond donors (Lipinski definition) is 0. The van der Waals surface area contributed by atoms with Gasteiger partial charge in [0.25, 0.3) is 0 Å². The molecule has 3 atom stereocenters. The average molecular weight is 555 g/mol. The summed E-state index contributed by atoms with van der Waals surface area (Å²) in [5.41, 5.74) is -0.144. The zero-order valence-electron chi connectivity index (χ0n) is 25.7. The quantitative estimate of drug-likeness (QED) is 0.0701. The topological polar surface area (TPSA) is 80.3 Å². The van der Waals surface area contributed by atoms with Crippen LogP contribution in [-0.2, 0) is 33.0 Å². The van der Waals surface area contributed by atoms with Crippen LogP contribution in [0.4, 0.5) is 0 Å². The molecule has 0 aromatic heterocycles. The van der Waals surface area contributed by atoms with E-state index >= 15 is 0 Å². The van der Waals surface area contributed by atoms with Crippen LogP contribution in [0.3, 0.4) is 0 Å². The minimum absolute atomic E-state index is 0.0156.